The van der Waals surface area contributed by atoms with Crippen molar-refractivity contribution in [3.63, 3.8) is 0 Å². The molecular weight excluding hydrogens is 1280 g/mol. The molecule has 15 aliphatic carbocycles. The summed E-state index contributed by atoms with van der Waals surface area (Å²) >= 11 is 3.45. The van der Waals surface area contributed by atoms with Gasteiger partial charge in [-0.15, -0.1) is 0 Å². The number of aliphatic hydroxyl groups is 4. The van der Waals surface area contributed by atoms with Crippen LogP contribution in [-0.4, -0.2) is 87.0 Å². The molecule has 2 aromatic heterocycles. The number of Topliss-reactive ketones (excluding diaryl/α,β-unsaturated/α-hetero) is 3. The van der Waals surface area contributed by atoms with Crippen LogP contribution in [0, 0.1) is 162 Å². The van der Waals surface area contributed by atoms with Crippen molar-refractivity contribution >= 4 is 33.3 Å². The van der Waals surface area contributed by atoms with E-state index >= 15 is 0 Å². The maximum Gasteiger partial charge on any atom is 0.157 e. The molecule has 15 aliphatic rings. The Kier molecular flexibility index (Phi) is 22.9. The van der Waals surface area contributed by atoms with Gasteiger partial charge in [0.05, 0.1) is 52.2 Å². The molecule has 15 fully saturated rings. The van der Waals surface area contributed by atoms with Crippen molar-refractivity contribution in [3.8, 4) is 12.1 Å². The number of aromatic nitrogens is 4. The summed E-state index contributed by atoms with van der Waals surface area (Å²) < 4.78 is 1.66. The van der Waals surface area contributed by atoms with E-state index in [0.717, 1.165) is 142 Å². The van der Waals surface area contributed by atoms with Gasteiger partial charge in [-0.2, -0.15) is 20.7 Å². The number of nitrogens with one attached hydrogen (secondary N) is 1. The molecule has 17 rings (SSSR count). The molecule has 548 valence electrons. The lowest BCUT2D eigenvalue weighted by Crippen LogP contribution is -2.57. The molecule has 0 amide bonds. The Bertz CT molecular complexity index is 3190. The van der Waals surface area contributed by atoms with Crippen molar-refractivity contribution in [1.29, 1.82) is 10.5 Å². The zero-order chi connectivity index (χ0) is 67.5. The lowest BCUT2D eigenvalue weighted by Gasteiger charge is -2.63. The minimum atomic E-state index is -0.470. The van der Waals surface area contributed by atoms with Gasteiger partial charge in [0.1, 0.15) is 23.7 Å². The van der Waals surface area contributed by atoms with Gasteiger partial charge in [0.25, 0.3) is 0 Å². The smallest absolute Gasteiger partial charge is 0.157 e. The summed E-state index contributed by atoms with van der Waals surface area (Å²) in [5.41, 5.74) is 1.96. The van der Waals surface area contributed by atoms with Gasteiger partial charge in [0.15, 0.2) is 5.78 Å². The first-order valence-corrected chi connectivity index (χ1v) is 40.0. The highest BCUT2D eigenvalue weighted by molar-refractivity contribution is 9.09. The Hall–Kier alpha value is -3.27. The quantitative estimate of drug-likeness (QED) is 0.148. The van der Waals surface area contributed by atoms with E-state index in [9.17, 15) is 29.7 Å². The molecule has 0 spiro atoms. The normalized spacial score (nSPS) is 46.4. The van der Waals surface area contributed by atoms with Crippen LogP contribution < -0.4 is 0 Å². The Labute approximate surface area is 600 Å². The van der Waals surface area contributed by atoms with Crippen LogP contribution in [0.15, 0.2) is 24.8 Å². The second-order valence-electron chi connectivity index (χ2n) is 37.1. The van der Waals surface area contributed by atoms with Crippen LogP contribution in [0.1, 0.15) is 294 Å². The first kappa shape index (κ1) is 77.3. The fraction of sp³-hybridized carbons (Fsp3) is 0.869. The summed E-state index contributed by atoms with van der Waals surface area (Å²) in [5, 5.41) is 67.5. The molecular formula is C84H133BrN6O7. The van der Waals surface area contributed by atoms with E-state index in [1.807, 2.05) is 13.0 Å². The highest BCUT2D eigenvalue weighted by Gasteiger charge is 2.70. The van der Waals surface area contributed by atoms with E-state index in [4.69, 9.17) is 15.6 Å². The number of H-pyrrole nitrogens is 1. The number of alkyl halides is 1. The van der Waals surface area contributed by atoms with E-state index in [2.05, 4.69) is 78.8 Å². The highest BCUT2D eigenvalue weighted by Crippen LogP contribution is 2.76. The largest absolute Gasteiger partial charge is 0.400 e. The van der Waals surface area contributed by atoms with Crippen molar-refractivity contribution in [2.75, 3.05) is 12.4 Å². The van der Waals surface area contributed by atoms with E-state index in [0.29, 0.717) is 80.3 Å². The maximum absolute atomic E-state index is 13.4. The van der Waals surface area contributed by atoms with Crippen molar-refractivity contribution in [2.24, 2.45) is 139 Å². The summed E-state index contributed by atoms with van der Waals surface area (Å²) in [7, 11) is 1.00. The number of nitriles is 2. The molecule has 15 saturated carbocycles. The average molecular weight is 1420 g/mol. The Balaban J connectivity index is 0.000000148. The number of carbonyl (C=O) groups is 3. The molecule has 0 unspecified atom stereocenters. The van der Waals surface area contributed by atoms with Crippen LogP contribution in [0.2, 0.25) is 0 Å². The van der Waals surface area contributed by atoms with Crippen LogP contribution >= 0.6 is 15.9 Å². The molecule has 0 radical (unpaired) electrons. The molecule has 0 bridgehead atoms. The number of hydrogen-bond donors (Lipinski definition) is 5. The van der Waals surface area contributed by atoms with Crippen LogP contribution in [0.4, 0.5) is 0 Å². The average Bonchev–Trinajstić information content (AvgIpc) is 1.06. The SMILES string of the molecule is C.C.C.CC(=O)[C@H]1CC[C@H]2[C@@H]3CC[C@@H]4C[C@](C)(O)CC[C@]4(C4CC4)[C@H]3CC[C@]12C.CO.C[C@@]1(O)CC[C@@]2(C3CC3)[C@H](CC[C@H]3[C@@H]4CC[C@H](C(=O)CBr)[C@@]4(C)CC[C@@H]32)C1.C[C@@]1(O)CC[C@@]2(C3CC3)[C@H](CC[C@H]3[C@@H]4CC[C@H](C(=O)Cn5cc(C#N)cn5)[C@@]4(C)CC[C@@H]32)C1.N#Cc1cn[nH]c1. The van der Waals surface area contributed by atoms with Crippen molar-refractivity contribution in [1.82, 2.24) is 20.0 Å². The summed E-state index contributed by atoms with van der Waals surface area (Å²) in [6, 6.07) is 4.02. The first-order chi connectivity index (χ1) is 45.3. The summed E-state index contributed by atoms with van der Waals surface area (Å²) in [4.78, 5) is 38.4. The Morgan fingerprint density at radius 3 is 1.15 bits per heavy atom. The standard InChI is InChI=1S/C28H39N3O2.C24H37BrO2.C24H38O2.C4H3N3.CH4O.3CH4/c1-26(33)11-12-28(19-3-4-19)20(13-26)5-6-21-22-7-8-24(27(22,2)10-9-23(21)28)25(32)17-31-16-18(14-29)15-30-31;1-22(27)11-12-24(15-3-4-15)16(13-22)5-6-17-18-7-8-20(21(26)14-25)23(18,2)10-9-19(17)24;1-15(25)19-8-9-20-18-7-6-17-14-22(2,26)12-13-24(17,16-4-5-16)21(18)10-11-23(19,20)3;5-1-4-2-6-7-3-4;1-2;;;/h15-16,19-24,33H,3-13,17H2,1-2H3;15-20,27H,3-14H2,1-2H3;16-21,26H,4-14H2,1-3H3;2-3H,(H,6,7);2H,1H3;3*1H4/t20-,21+,22+,23+,24-,26-,27+,28-;16-,17+,18+,19+,20-,22-,23+,24-;17-,18+,19-,20+,21+,22-,23-,24-;;;;;/m111...../s1. The van der Waals surface area contributed by atoms with Crippen LogP contribution in [0.5, 0.6) is 0 Å². The van der Waals surface area contributed by atoms with Crippen molar-refractivity contribution < 1.29 is 34.8 Å². The van der Waals surface area contributed by atoms with Crippen LogP contribution in [0.25, 0.3) is 0 Å². The molecule has 0 aliphatic heterocycles. The Morgan fingerprint density at radius 2 is 0.837 bits per heavy atom. The maximum atomic E-state index is 13.4. The molecule has 2 heterocycles. The van der Waals surface area contributed by atoms with Gasteiger partial charge in [0.2, 0.25) is 0 Å². The zero-order valence-corrected chi connectivity index (χ0v) is 61.2. The Morgan fingerprint density at radius 1 is 0.480 bits per heavy atom. The molecule has 0 aromatic carbocycles. The summed E-state index contributed by atoms with van der Waals surface area (Å²) in [5.74, 6) is 14.2. The number of carbonyl (C=O) groups excluding carboxylic acids is 3. The van der Waals surface area contributed by atoms with E-state index in [-0.39, 0.29) is 44.4 Å². The van der Waals surface area contributed by atoms with Crippen LogP contribution in [0.3, 0.4) is 0 Å². The third kappa shape index (κ3) is 13.4. The topological polar surface area (TPSA) is 226 Å². The van der Waals surface area contributed by atoms with Gasteiger partial charge < -0.3 is 20.4 Å². The predicted molar refractivity (Wildman–Crippen MR) is 392 cm³/mol. The fourth-order valence-corrected chi connectivity index (χ4v) is 29.1. The number of nitrogens with zero attached hydrogens (tertiary/aromatic N) is 5. The van der Waals surface area contributed by atoms with E-state index in [1.54, 1.807) is 23.3 Å². The van der Waals surface area contributed by atoms with Gasteiger partial charge in [0, 0.05) is 37.3 Å². The monoisotopic (exact) mass is 1420 g/mol. The molecule has 0 saturated heterocycles. The predicted octanol–water partition coefficient (Wildman–Crippen LogP) is 18.0. The third-order valence-electron chi connectivity index (χ3n) is 32.7. The van der Waals surface area contributed by atoms with Gasteiger partial charge >= 0.3 is 0 Å². The van der Waals surface area contributed by atoms with Gasteiger partial charge in [-0.05, 0) is 361 Å². The highest BCUT2D eigenvalue weighted by atomic mass is 79.9. The number of halogens is 1. The third-order valence-corrected chi connectivity index (χ3v) is 33.2. The lowest BCUT2D eigenvalue weighted by molar-refractivity contribution is -0.166. The molecule has 24 atom stereocenters. The molecule has 2 aromatic rings. The number of hydrogen-bond acceptors (Lipinski definition) is 11. The number of aromatic amines is 1. The molecule has 14 heteroatoms. The molecule has 5 N–H and O–H groups in total. The van der Waals surface area contributed by atoms with Gasteiger partial charge in [-0.3, -0.25) is 24.2 Å². The summed E-state index contributed by atoms with van der Waals surface area (Å²) in [6.45, 7) is 15.7. The minimum absolute atomic E-state index is 0. The molecule has 13 nitrogen and oxygen atoms in total. The zero-order valence-electron chi connectivity index (χ0n) is 59.6. The number of fused-ring (bicyclic) bond motifs is 15. The summed E-state index contributed by atoms with van der Waals surface area (Å²) in [6.07, 6.45) is 47.4. The molecule has 98 heavy (non-hydrogen) atoms. The second kappa shape index (κ2) is 29.0. The van der Waals surface area contributed by atoms with Crippen molar-refractivity contribution in [2.45, 2.75) is 306 Å². The number of ketones is 3. The van der Waals surface area contributed by atoms with Crippen LogP contribution in [-0.2, 0) is 20.9 Å². The minimum Gasteiger partial charge on any atom is -0.400 e. The van der Waals surface area contributed by atoms with E-state index in [1.165, 1.54) is 160 Å². The van der Waals surface area contributed by atoms with E-state index < -0.39 is 16.8 Å². The van der Waals surface area contributed by atoms with Crippen molar-refractivity contribution in [3.05, 3.63) is 35.9 Å². The first-order valence-electron chi connectivity index (χ1n) is 38.8. The number of aliphatic hydroxyl groups excluding tert-OH is 1. The fourth-order valence-electron chi connectivity index (χ4n) is 28.7. The number of rotatable bonds is 9. The second-order valence-corrected chi connectivity index (χ2v) is 37.6. The van der Waals surface area contributed by atoms with Gasteiger partial charge in [-0.1, -0.05) is 59.0 Å². The lowest BCUT2D eigenvalue weighted by atomic mass is 9.42. The van der Waals surface area contributed by atoms with Gasteiger partial charge in [-0.25, -0.2) is 0 Å².